The van der Waals surface area contributed by atoms with Crippen molar-refractivity contribution in [3.8, 4) is 6.07 Å². The molecule has 0 bridgehead atoms. The molecule has 1 aromatic carbocycles. The van der Waals surface area contributed by atoms with Gasteiger partial charge in [-0.05, 0) is 42.7 Å². The van der Waals surface area contributed by atoms with Crippen LogP contribution in [0, 0.1) is 18.3 Å². The van der Waals surface area contributed by atoms with E-state index in [2.05, 4.69) is 6.07 Å². The fourth-order valence-electron chi connectivity index (χ4n) is 2.34. The molecule has 0 aliphatic heterocycles. The number of aromatic nitrogens is 1. The Morgan fingerprint density at radius 1 is 1.35 bits per heavy atom. The van der Waals surface area contributed by atoms with Crippen LogP contribution in [-0.2, 0) is 13.0 Å². The van der Waals surface area contributed by atoms with Gasteiger partial charge < -0.3 is 9.67 Å². The number of aryl methyl sites for hydroxylation is 2. The van der Waals surface area contributed by atoms with Crippen LogP contribution < -0.4 is 0 Å². The fourth-order valence-corrected chi connectivity index (χ4v) is 2.34. The summed E-state index contributed by atoms with van der Waals surface area (Å²) in [5.74, 6) is -0.899. The van der Waals surface area contributed by atoms with Crippen LogP contribution in [0.4, 0.5) is 0 Å². The van der Waals surface area contributed by atoms with Crippen LogP contribution in [0.2, 0.25) is 0 Å². The van der Waals surface area contributed by atoms with Crippen molar-refractivity contribution < 1.29 is 9.90 Å². The third kappa shape index (κ3) is 2.57. The molecule has 0 unspecified atom stereocenters. The molecule has 20 heavy (non-hydrogen) atoms. The Labute approximate surface area is 117 Å². The van der Waals surface area contributed by atoms with Gasteiger partial charge in [0.05, 0.1) is 11.6 Å². The standard InChI is InChI=1S/C16H16N2O2/c1-3-14-8-11(2)18(15(14)16(19)20)10-13-6-4-12(9-17)5-7-13/h4-8H,3,10H2,1-2H3,(H,19,20). The van der Waals surface area contributed by atoms with Gasteiger partial charge in [-0.25, -0.2) is 4.79 Å². The summed E-state index contributed by atoms with van der Waals surface area (Å²) in [6, 6.07) is 11.2. The molecule has 0 saturated carbocycles. The monoisotopic (exact) mass is 268 g/mol. The van der Waals surface area contributed by atoms with Crippen LogP contribution in [-0.4, -0.2) is 15.6 Å². The highest BCUT2D eigenvalue weighted by molar-refractivity contribution is 5.88. The quantitative estimate of drug-likeness (QED) is 0.927. The largest absolute Gasteiger partial charge is 0.477 e. The van der Waals surface area contributed by atoms with Gasteiger partial charge in [0.1, 0.15) is 5.69 Å². The SMILES string of the molecule is CCc1cc(C)n(Cc2ccc(C#N)cc2)c1C(=O)O. The van der Waals surface area contributed by atoms with E-state index in [1.807, 2.05) is 36.6 Å². The van der Waals surface area contributed by atoms with Crippen LogP contribution in [0.1, 0.15) is 39.8 Å². The van der Waals surface area contributed by atoms with Crippen molar-refractivity contribution in [3.05, 3.63) is 58.4 Å². The van der Waals surface area contributed by atoms with E-state index in [1.54, 1.807) is 12.1 Å². The number of benzene rings is 1. The molecule has 0 aliphatic rings. The molecular formula is C16H16N2O2. The first-order valence-corrected chi connectivity index (χ1v) is 6.48. The van der Waals surface area contributed by atoms with Crippen molar-refractivity contribution in [2.75, 3.05) is 0 Å². The number of hydrogen-bond acceptors (Lipinski definition) is 2. The molecule has 1 aromatic heterocycles. The molecular weight excluding hydrogens is 252 g/mol. The summed E-state index contributed by atoms with van der Waals surface area (Å²) >= 11 is 0. The highest BCUT2D eigenvalue weighted by Gasteiger charge is 2.17. The highest BCUT2D eigenvalue weighted by atomic mass is 16.4. The van der Waals surface area contributed by atoms with E-state index < -0.39 is 5.97 Å². The van der Waals surface area contributed by atoms with Crippen molar-refractivity contribution in [2.45, 2.75) is 26.8 Å². The predicted molar refractivity (Wildman–Crippen MR) is 75.8 cm³/mol. The molecule has 4 heteroatoms. The number of aromatic carboxylic acids is 1. The van der Waals surface area contributed by atoms with Gasteiger partial charge in [0.25, 0.3) is 0 Å². The average molecular weight is 268 g/mol. The highest BCUT2D eigenvalue weighted by Crippen LogP contribution is 2.19. The molecule has 2 rings (SSSR count). The molecule has 102 valence electrons. The summed E-state index contributed by atoms with van der Waals surface area (Å²) in [6.45, 7) is 4.36. The van der Waals surface area contributed by atoms with E-state index >= 15 is 0 Å². The topological polar surface area (TPSA) is 66.0 Å². The van der Waals surface area contributed by atoms with Gasteiger partial charge in [-0.3, -0.25) is 0 Å². The zero-order chi connectivity index (χ0) is 14.7. The third-order valence-corrected chi connectivity index (χ3v) is 3.39. The van der Waals surface area contributed by atoms with Crippen LogP contribution in [0.25, 0.3) is 0 Å². The van der Waals surface area contributed by atoms with Gasteiger partial charge in [-0.1, -0.05) is 19.1 Å². The number of carbonyl (C=O) groups is 1. The second-order valence-corrected chi connectivity index (χ2v) is 4.71. The minimum Gasteiger partial charge on any atom is -0.477 e. The molecule has 0 aliphatic carbocycles. The Balaban J connectivity index is 2.40. The molecule has 0 amide bonds. The molecule has 1 N–H and O–H groups in total. The normalized spacial score (nSPS) is 10.2. The van der Waals surface area contributed by atoms with Gasteiger partial charge in [0.2, 0.25) is 0 Å². The molecule has 0 spiro atoms. The fraction of sp³-hybridized carbons (Fsp3) is 0.250. The minimum absolute atomic E-state index is 0.356. The Bertz CT molecular complexity index is 676. The van der Waals surface area contributed by atoms with Crippen molar-refractivity contribution in [1.29, 1.82) is 5.26 Å². The van der Waals surface area contributed by atoms with Crippen molar-refractivity contribution in [1.82, 2.24) is 4.57 Å². The van der Waals surface area contributed by atoms with Crippen molar-refractivity contribution in [2.24, 2.45) is 0 Å². The van der Waals surface area contributed by atoms with Crippen molar-refractivity contribution >= 4 is 5.97 Å². The number of carboxylic acids is 1. The summed E-state index contributed by atoms with van der Waals surface area (Å²) in [7, 11) is 0. The van der Waals surface area contributed by atoms with Gasteiger partial charge in [0, 0.05) is 12.2 Å². The van der Waals surface area contributed by atoms with Gasteiger partial charge in [-0.15, -0.1) is 0 Å². The second kappa shape index (κ2) is 5.62. The number of carboxylic acid groups (broad SMARTS) is 1. The first-order valence-electron chi connectivity index (χ1n) is 6.48. The lowest BCUT2D eigenvalue weighted by molar-refractivity contribution is 0.0684. The third-order valence-electron chi connectivity index (χ3n) is 3.39. The lowest BCUT2D eigenvalue weighted by atomic mass is 10.1. The average Bonchev–Trinajstić information content (AvgIpc) is 2.76. The number of nitrogens with zero attached hydrogens (tertiary/aromatic N) is 2. The van der Waals surface area contributed by atoms with E-state index in [0.717, 1.165) is 16.8 Å². The molecule has 0 atom stereocenters. The summed E-state index contributed by atoms with van der Waals surface area (Å²) in [5.41, 5.74) is 3.72. The van der Waals surface area contributed by atoms with E-state index in [1.165, 1.54) is 0 Å². The van der Waals surface area contributed by atoms with Crippen LogP contribution in [0.5, 0.6) is 0 Å². The lowest BCUT2D eigenvalue weighted by Crippen LogP contribution is -2.12. The summed E-state index contributed by atoms with van der Waals surface area (Å²) in [4.78, 5) is 11.4. The number of nitriles is 1. The molecule has 2 aromatic rings. The first kappa shape index (κ1) is 13.9. The Morgan fingerprint density at radius 3 is 2.50 bits per heavy atom. The first-order chi connectivity index (χ1) is 9.56. The van der Waals surface area contributed by atoms with E-state index in [9.17, 15) is 9.90 Å². The lowest BCUT2D eigenvalue weighted by Gasteiger charge is -2.10. The predicted octanol–water partition coefficient (Wildman–Crippen LogP) is 2.98. The summed E-state index contributed by atoms with van der Waals surface area (Å²) in [6.07, 6.45) is 0.697. The number of hydrogen-bond donors (Lipinski definition) is 1. The minimum atomic E-state index is -0.899. The molecule has 1 heterocycles. The van der Waals surface area contributed by atoms with Crippen molar-refractivity contribution in [3.63, 3.8) is 0 Å². The molecule has 0 fully saturated rings. The summed E-state index contributed by atoms with van der Waals surface area (Å²) in [5, 5.41) is 18.2. The maximum Gasteiger partial charge on any atom is 0.352 e. The molecule has 0 saturated heterocycles. The Kier molecular flexibility index (Phi) is 3.90. The van der Waals surface area contributed by atoms with Crippen LogP contribution in [0.3, 0.4) is 0 Å². The smallest absolute Gasteiger partial charge is 0.352 e. The van der Waals surface area contributed by atoms with Gasteiger partial charge in [-0.2, -0.15) is 5.26 Å². The van der Waals surface area contributed by atoms with Gasteiger partial charge in [0.15, 0.2) is 0 Å². The van der Waals surface area contributed by atoms with Gasteiger partial charge >= 0.3 is 5.97 Å². The Morgan fingerprint density at radius 2 is 2.00 bits per heavy atom. The number of rotatable bonds is 4. The van der Waals surface area contributed by atoms with Crippen LogP contribution >= 0.6 is 0 Å². The maximum absolute atomic E-state index is 11.4. The molecule has 4 nitrogen and oxygen atoms in total. The zero-order valence-electron chi connectivity index (χ0n) is 11.6. The molecule has 0 radical (unpaired) electrons. The second-order valence-electron chi connectivity index (χ2n) is 4.71. The van der Waals surface area contributed by atoms with E-state index in [-0.39, 0.29) is 0 Å². The zero-order valence-corrected chi connectivity index (χ0v) is 11.6. The van der Waals surface area contributed by atoms with E-state index in [0.29, 0.717) is 24.2 Å². The Hall–Kier alpha value is -2.54. The maximum atomic E-state index is 11.4. The van der Waals surface area contributed by atoms with Crippen LogP contribution in [0.15, 0.2) is 30.3 Å². The van der Waals surface area contributed by atoms with E-state index in [4.69, 9.17) is 5.26 Å². The summed E-state index contributed by atoms with van der Waals surface area (Å²) < 4.78 is 1.81.